The van der Waals surface area contributed by atoms with Crippen LogP contribution >= 0.6 is 0 Å². The lowest BCUT2D eigenvalue weighted by atomic mass is 10.0. The Hall–Kier alpha value is -3.94. The lowest BCUT2D eigenvalue weighted by molar-refractivity contribution is -0.119. The van der Waals surface area contributed by atoms with Crippen molar-refractivity contribution >= 4 is 17.6 Å². The lowest BCUT2D eigenvalue weighted by Gasteiger charge is -2.18. The highest BCUT2D eigenvalue weighted by Crippen LogP contribution is 2.05. The first-order valence-electron chi connectivity index (χ1n) is 8.95. The van der Waals surface area contributed by atoms with Crippen molar-refractivity contribution in [3.05, 3.63) is 90.3 Å². The number of benzene rings is 1. The molecule has 2 aromatic heterocycles. The van der Waals surface area contributed by atoms with E-state index in [1.165, 1.54) is 31.0 Å². The number of Topliss-reactive ketones (excluding diaryl/α,β-unsaturated/α-hetero) is 1. The van der Waals surface area contributed by atoms with Crippen molar-refractivity contribution in [1.82, 2.24) is 25.6 Å². The number of aromatic nitrogens is 3. The van der Waals surface area contributed by atoms with Crippen LogP contribution in [0.4, 0.5) is 0 Å². The molecule has 1 atom stereocenters. The Morgan fingerprint density at radius 1 is 0.862 bits per heavy atom. The normalized spacial score (nSPS) is 11.3. The molecule has 0 bridgehead atoms. The number of amides is 2. The van der Waals surface area contributed by atoms with Gasteiger partial charge < -0.3 is 10.6 Å². The molecule has 0 saturated carbocycles. The molecule has 2 N–H and O–H groups in total. The number of nitrogens with one attached hydrogen (secondary N) is 2. The molecule has 0 radical (unpaired) electrons. The smallest absolute Gasteiger partial charge is 0.272 e. The van der Waals surface area contributed by atoms with Crippen molar-refractivity contribution in [1.29, 1.82) is 0 Å². The summed E-state index contributed by atoms with van der Waals surface area (Å²) in [5, 5.41) is 5.28. The highest BCUT2D eigenvalue weighted by Gasteiger charge is 2.23. The van der Waals surface area contributed by atoms with Crippen LogP contribution in [0.25, 0.3) is 0 Å². The first-order valence-corrected chi connectivity index (χ1v) is 8.95. The van der Waals surface area contributed by atoms with E-state index in [-0.39, 0.29) is 30.3 Å². The number of pyridine rings is 1. The molecule has 0 aliphatic carbocycles. The fraction of sp³-hybridized carbons (Fsp3) is 0.143. The van der Waals surface area contributed by atoms with Gasteiger partial charge in [0, 0.05) is 30.4 Å². The van der Waals surface area contributed by atoms with Crippen molar-refractivity contribution in [2.45, 2.75) is 12.5 Å². The monoisotopic (exact) mass is 389 g/mol. The average Bonchev–Trinajstić information content (AvgIpc) is 2.78. The van der Waals surface area contributed by atoms with Gasteiger partial charge in [0.25, 0.3) is 11.8 Å². The summed E-state index contributed by atoms with van der Waals surface area (Å²) >= 11 is 0. The summed E-state index contributed by atoms with van der Waals surface area (Å²) in [7, 11) is 0. The largest absolute Gasteiger partial charge is 0.345 e. The molecule has 8 nitrogen and oxygen atoms in total. The van der Waals surface area contributed by atoms with Crippen molar-refractivity contribution in [3.63, 3.8) is 0 Å². The Morgan fingerprint density at radius 2 is 1.62 bits per heavy atom. The SMILES string of the molecule is O=C(NCC(=O)C(Cc1ccccc1)NC(=O)c1cnccn1)c1ccncc1. The molecule has 146 valence electrons. The summed E-state index contributed by atoms with van der Waals surface area (Å²) in [6.07, 6.45) is 7.46. The van der Waals surface area contributed by atoms with Crippen LogP contribution in [0.2, 0.25) is 0 Å². The zero-order valence-corrected chi connectivity index (χ0v) is 15.5. The van der Waals surface area contributed by atoms with Gasteiger partial charge in [-0.1, -0.05) is 30.3 Å². The first-order chi connectivity index (χ1) is 14.1. The van der Waals surface area contributed by atoms with E-state index in [1.54, 1.807) is 12.1 Å². The minimum Gasteiger partial charge on any atom is -0.345 e. The Morgan fingerprint density at radius 3 is 2.31 bits per heavy atom. The maximum atomic E-state index is 12.8. The third-order valence-corrected chi connectivity index (χ3v) is 4.14. The topological polar surface area (TPSA) is 114 Å². The Kier molecular flexibility index (Phi) is 6.72. The Labute approximate surface area is 167 Å². The van der Waals surface area contributed by atoms with Crippen LogP contribution in [-0.2, 0) is 11.2 Å². The van der Waals surface area contributed by atoms with Crippen molar-refractivity contribution in [2.75, 3.05) is 6.54 Å². The summed E-state index contributed by atoms with van der Waals surface area (Å²) in [6, 6.07) is 11.6. The number of rotatable bonds is 8. The standard InChI is InChI=1S/C21H19N5O3/c27-19(14-25-20(28)16-6-8-22-9-7-16)17(12-15-4-2-1-3-5-15)26-21(29)18-13-23-10-11-24-18/h1-11,13,17H,12,14H2,(H,25,28)(H,26,29). The molecule has 3 aromatic rings. The number of carbonyl (C=O) groups excluding carboxylic acids is 3. The van der Waals surface area contributed by atoms with E-state index >= 15 is 0 Å². The molecular formula is C21H19N5O3. The molecule has 0 spiro atoms. The molecule has 0 fully saturated rings. The van der Waals surface area contributed by atoms with Crippen LogP contribution in [0, 0.1) is 0 Å². The van der Waals surface area contributed by atoms with Crippen LogP contribution in [0.5, 0.6) is 0 Å². The molecule has 0 aliphatic rings. The minimum atomic E-state index is -0.829. The highest BCUT2D eigenvalue weighted by atomic mass is 16.2. The van der Waals surface area contributed by atoms with Crippen LogP contribution in [0.1, 0.15) is 26.4 Å². The third-order valence-electron chi connectivity index (χ3n) is 4.14. The van der Waals surface area contributed by atoms with Gasteiger partial charge in [-0.3, -0.25) is 24.4 Å². The number of ketones is 1. The molecular weight excluding hydrogens is 370 g/mol. The van der Waals surface area contributed by atoms with Gasteiger partial charge in [0.1, 0.15) is 5.69 Å². The second-order valence-corrected chi connectivity index (χ2v) is 6.19. The fourth-order valence-electron chi connectivity index (χ4n) is 2.64. The molecule has 2 amide bonds. The second-order valence-electron chi connectivity index (χ2n) is 6.19. The van der Waals surface area contributed by atoms with Gasteiger partial charge in [0.15, 0.2) is 5.78 Å². The zero-order valence-electron chi connectivity index (χ0n) is 15.5. The summed E-state index contributed by atoms with van der Waals surface area (Å²) in [5.41, 5.74) is 1.39. The third kappa shape index (κ3) is 5.77. The fourth-order valence-corrected chi connectivity index (χ4v) is 2.64. The molecule has 3 rings (SSSR count). The maximum absolute atomic E-state index is 12.8. The second kappa shape index (κ2) is 9.84. The van der Waals surface area contributed by atoms with Gasteiger partial charge >= 0.3 is 0 Å². The molecule has 2 heterocycles. The van der Waals surface area contributed by atoms with E-state index < -0.39 is 11.9 Å². The lowest BCUT2D eigenvalue weighted by Crippen LogP contribution is -2.46. The number of carbonyl (C=O) groups is 3. The van der Waals surface area contributed by atoms with Gasteiger partial charge in [0.2, 0.25) is 0 Å². The average molecular weight is 389 g/mol. The van der Waals surface area contributed by atoms with Crippen LogP contribution in [-0.4, -0.2) is 45.1 Å². The van der Waals surface area contributed by atoms with Crippen LogP contribution < -0.4 is 10.6 Å². The van der Waals surface area contributed by atoms with Gasteiger partial charge in [-0.15, -0.1) is 0 Å². The Bertz CT molecular complexity index is 965. The van der Waals surface area contributed by atoms with E-state index in [4.69, 9.17) is 0 Å². The zero-order chi connectivity index (χ0) is 20.5. The maximum Gasteiger partial charge on any atom is 0.272 e. The summed E-state index contributed by atoms with van der Waals surface area (Å²) in [5.74, 6) is -1.22. The van der Waals surface area contributed by atoms with E-state index in [0.717, 1.165) is 5.56 Å². The van der Waals surface area contributed by atoms with Crippen LogP contribution in [0.3, 0.4) is 0 Å². The summed E-state index contributed by atoms with van der Waals surface area (Å²) < 4.78 is 0. The van der Waals surface area contributed by atoms with E-state index in [1.807, 2.05) is 30.3 Å². The van der Waals surface area contributed by atoms with Crippen molar-refractivity contribution in [2.24, 2.45) is 0 Å². The van der Waals surface area contributed by atoms with E-state index in [0.29, 0.717) is 5.56 Å². The van der Waals surface area contributed by atoms with Crippen molar-refractivity contribution < 1.29 is 14.4 Å². The van der Waals surface area contributed by atoms with Crippen LogP contribution in [0.15, 0.2) is 73.4 Å². The molecule has 1 aromatic carbocycles. The molecule has 8 heteroatoms. The van der Waals surface area contributed by atoms with E-state index in [2.05, 4.69) is 25.6 Å². The minimum absolute atomic E-state index is 0.110. The predicted molar refractivity (Wildman–Crippen MR) is 105 cm³/mol. The summed E-state index contributed by atoms with van der Waals surface area (Å²) in [6.45, 7) is -0.223. The molecule has 0 saturated heterocycles. The quantitative estimate of drug-likeness (QED) is 0.599. The van der Waals surface area contributed by atoms with Gasteiger partial charge in [0.05, 0.1) is 18.8 Å². The highest BCUT2D eigenvalue weighted by molar-refractivity contribution is 6.00. The Balaban J connectivity index is 1.68. The first kappa shape index (κ1) is 19.8. The number of nitrogens with zero attached hydrogens (tertiary/aromatic N) is 3. The van der Waals surface area contributed by atoms with Gasteiger partial charge in [-0.2, -0.15) is 0 Å². The van der Waals surface area contributed by atoms with Gasteiger partial charge in [-0.05, 0) is 24.1 Å². The molecule has 29 heavy (non-hydrogen) atoms. The molecule has 1 unspecified atom stereocenters. The number of hydrogen-bond acceptors (Lipinski definition) is 6. The number of hydrogen-bond donors (Lipinski definition) is 2. The van der Waals surface area contributed by atoms with Crippen molar-refractivity contribution in [3.8, 4) is 0 Å². The summed E-state index contributed by atoms with van der Waals surface area (Å²) in [4.78, 5) is 49.1. The predicted octanol–water partition coefficient (Wildman–Crippen LogP) is 1.21. The van der Waals surface area contributed by atoms with E-state index in [9.17, 15) is 14.4 Å². The van der Waals surface area contributed by atoms with Gasteiger partial charge in [-0.25, -0.2) is 4.98 Å². The molecule has 0 aliphatic heterocycles.